The van der Waals surface area contributed by atoms with Crippen LogP contribution in [-0.2, 0) is 24.3 Å². The second-order valence-corrected chi connectivity index (χ2v) is 8.90. The zero-order chi connectivity index (χ0) is 21.3. The van der Waals surface area contributed by atoms with Gasteiger partial charge in [0.2, 0.25) is 10.0 Å². The summed E-state index contributed by atoms with van der Waals surface area (Å²) in [6.07, 6.45) is -0.166. The first-order valence-electron chi connectivity index (χ1n) is 9.14. The van der Waals surface area contributed by atoms with E-state index in [1.54, 1.807) is 36.4 Å². The number of ketones is 1. The molecule has 0 aromatic heterocycles. The molecule has 0 saturated heterocycles. The molecule has 1 unspecified atom stereocenters. The van der Waals surface area contributed by atoms with E-state index in [9.17, 15) is 18.0 Å². The zero-order valence-electron chi connectivity index (χ0n) is 16.6. The molecule has 0 fully saturated rings. The van der Waals surface area contributed by atoms with Crippen molar-refractivity contribution in [2.24, 2.45) is 0 Å². The minimum Gasteiger partial charge on any atom is -0.469 e. The molecule has 0 saturated carbocycles. The molecule has 0 bridgehead atoms. The van der Waals surface area contributed by atoms with Crippen molar-refractivity contribution in [1.82, 2.24) is 4.31 Å². The van der Waals surface area contributed by atoms with Crippen LogP contribution in [0.25, 0.3) is 0 Å². The molecule has 7 heteroatoms. The number of hydrogen-bond acceptors (Lipinski definition) is 5. The molecule has 29 heavy (non-hydrogen) atoms. The van der Waals surface area contributed by atoms with E-state index in [1.807, 2.05) is 6.92 Å². The van der Waals surface area contributed by atoms with Crippen molar-refractivity contribution < 1.29 is 22.7 Å². The molecule has 3 rings (SSSR count). The third kappa shape index (κ3) is 3.75. The number of benzene rings is 2. The van der Waals surface area contributed by atoms with Gasteiger partial charge in [0.05, 0.1) is 30.5 Å². The van der Waals surface area contributed by atoms with Gasteiger partial charge in [-0.1, -0.05) is 48.5 Å². The summed E-state index contributed by atoms with van der Waals surface area (Å²) in [7, 11) is -2.78. The summed E-state index contributed by atoms with van der Waals surface area (Å²) in [5.74, 6) is -0.851. The Morgan fingerprint density at radius 3 is 2.21 bits per heavy atom. The number of aryl methyl sites for hydroxylation is 1. The number of fused-ring (bicyclic) bond motifs is 1. The van der Waals surface area contributed by atoms with Crippen molar-refractivity contribution in [1.29, 1.82) is 0 Å². The number of carbonyl (C=O) groups is 2. The molecule has 0 N–H and O–H groups in total. The second-order valence-electron chi connectivity index (χ2n) is 7.06. The largest absolute Gasteiger partial charge is 0.469 e. The van der Waals surface area contributed by atoms with Crippen LogP contribution in [0.4, 0.5) is 0 Å². The van der Waals surface area contributed by atoms with Gasteiger partial charge in [-0.25, -0.2) is 8.42 Å². The molecule has 2 atom stereocenters. The molecule has 1 aliphatic heterocycles. The predicted molar refractivity (Wildman–Crippen MR) is 109 cm³/mol. The van der Waals surface area contributed by atoms with Gasteiger partial charge >= 0.3 is 5.97 Å². The summed E-state index contributed by atoms with van der Waals surface area (Å²) in [5, 5.41) is 0. The van der Waals surface area contributed by atoms with Crippen LogP contribution in [0, 0.1) is 6.92 Å². The Kier molecular flexibility index (Phi) is 5.73. The monoisotopic (exact) mass is 413 g/mol. The minimum atomic E-state index is -4.04. The van der Waals surface area contributed by atoms with Gasteiger partial charge in [0.25, 0.3) is 0 Å². The lowest BCUT2D eigenvalue weighted by molar-refractivity contribution is -0.141. The van der Waals surface area contributed by atoms with Crippen LogP contribution in [0.5, 0.6) is 0 Å². The van der Waals surface area contributed by atoms with E-state index in [4.69, 9.17) is 4.74 Å². The average Bonchev–Trinajstić information content (AvgIpc) is 3.02. The van der Waals surface area contributed by atoms with E-state index >= 15 is 0 Å². The van der Waals surface area contributed by atoms with Crippen LogP contribution < -0.4 is 0 Å². The molecule has 0 radical (unpaired) electrons. The van der Waals surface area contributed by atoms with Crippen molar-refractivity contribution in [3.05, 3.63) is 77.4 Å². The summed E-state index contributed by atoms with van der Waals surface area (Å²) in [4.78, 5) is 24.4. The first-order valence-corrected chi connectivity index (χ1v) is 10.6. The van der Waals surface area contributed by atoms with Crippen LogP contribution in [0.2, 0.25) is 0 Å². The van der Waals surface area contributed by atoms with Crippen molar-refractivity contribution in [3.8, 4) is 0 Å². The highest BCUT2D eigenvalue weighted by molar-refractivity contribution is 7.89. The lowest BCUT2D eigenvalue weighted by Gasteiger charge is -2.30. The van der Waals surface area contributed by atoms with Gasteiger partial charge in [-0.2, -0.15) is 4.31 Å². The summed E-state index contributed by atoms with van der Waals surface area (Å²) < 4.78 is 33.3. The molecular weight excluding hydrogens is 390 g/mol. The van der Waals surface area contributed by atoms with E-state index < -0.39 is 28.1 Å². The van der Waals surface area contributed by atoms with Crippen molar-refractivity contribution in [2.45, 2.75) is 37.2 Å². The van der Waals surface area contributed by atoms with E-state index in [-0.39, 0.29) is 22.7 Å². The fourth-order valence-corrected chi connectivity index (χ4v) is 5.40. The van der Waals surface area contributed by atoms with E-state index in [0.29, 0.717) is 11.1 Å². The normalized spacial score (nSPS) is 18.9. The Morgan fingerprint density at radius 1 is 1.07 bits per heavy atom. The topological polar surface area (TPSA) is 80.8 Å². The predicted octanol–water partition coefficient (Wildman–Crippen LogP) is 3.49. The summed E-state index contributed by atoms with van der Waals surface area (Å²) in [6.45, 7) is 7.09. The zero-order valence-corrected chi connectivity index (χ0v) is 17.4. The van der Waals surface area contributed by atoms with Gasteiger partial charge in [0.15, 0.2) is 5.78 Å². The van der Waals surface area contributed by atoms with Crippen molar-refractivity contribution in [3.63, 3.8) is 0 Å². The summed E-state index contributed by atoms with van der Waals surface area (Å²) in [6, 6.07) is 11.9. The Labute approximate surface area is 170 Å². The molecule has 0 aliphatic carbocycles. The number of esters is 1. The molecule has 0 amide bonds. The first-order chi connectivity index (χ1) is 13.7. The first kappa shape index (κ1) is 21.0. The van der Waals surface area contributed by atoms with Gasteiger partial charge in [0.1, 0.15) is 0 Å². The molecule has 6 nitrogen and oxygen atoms in total. The van der Waals surface area contributed by atoms with Gasteiger partial charge in [-0.3, -0.25) is 9.59 Å². The summed E-state index contributed by atoms with van der Waals surface area (Å²) >= 11 is 0. The summed E-state index contributed by atoms with van der Waals surface area (Å²) in [5.41, 5.74) is 2.39. The smallest absolute Gasteiger partial charge is 0.307 e. The van der Waals surface area contributed by atoms with Crippen LogP contribution in [0.3, 0.4) is 0 Å². The number of nitrogens with zero attached hydrogens (tertiary/aromatic N) is 1. The molecule has 0 spiro atoms. The van der Waals surface area contributed by atoms with Crippen LogP contribution in [0.15, 0.2) is 65.6 Å². The number of carbonyl (C=O) groups excluding carboxylic acids is 2. The van der Waals surface area contributed by atoms with Gasteiger partial charge in [0, 0.05) is 5.57 Å². The number of rotatable bonds is 6. The number of hydrogen-bond donors (Lipinski definition) is 0. The highest BCUT2D eigenvalue weighted by Gasteiger charge is 2.48. The molecular formula is C22H23NO5S. The molecule has 1 aliphatic rings. The average molecular weight is 413 g/mol. The maximum Gasteiger partial charge on any atom is 0.307 e. The van der Waals surface area contributed by atoms with Crippen LogP contribution >= 0.6 is 0 Å². The second kappa shape index (κ2) is 7.93. The van der Waals surface area contributed by atoms with Gasteiger partial charge < -0.3 is 4.74 Å². The Balaban J connectivity index is 2.23. The molecule has 2 aromatic rings. The Morgan fingerprint density at radius 2 is 1.66 bits per heavy atom. The Bertz CT molecular complexity index is 1070. The Hall–Kier alpha value is -2.77. The van der Waals surface area contributed by atoms with Crippen LogP contribution in [0.1, 0.15) is 42.1 Å². The molecule has 1 heterocycles. The molecule has 2 aromatic carbocycles. The number of sulfonamides is 1. The minimum absolute atomic E-state index is 0.0899. The van der Waals surface area contributed by atoms with E-state index in [2.05, 4.69) is 6.58 Å². The van der Waals surface area contributed by atoms with E-state index in [1.165, 1.54) is 30.5 Å². The quantitative estimate of drug-likeness (QED) is 0.535. The standard InChI is InChI=1S/C22H23NO5S/c1-14-9-11-17(12-10-14)29(26,27)23-20(13-21(25)28-4)18-7-5-6-8-19(18)22(23)15(2)16(3)24/h5-12,20,22H,2,13H2,1,3-4H3/t20?,22-/m0/s1. The SMILES string of the molecule is C=C(C(C)=O)[C@H]1c2ccccc2C(CC(=O)OC)N1S(=O)(=O)c1ccc(C)cc1. The third-order valence-electron chi connectivity index (χ3n) is 5.18. The third-order valence-corrected chi connectivity index (χ3v) is 7.07. The lowest BCUT2D eigenvalue weighted by Crippen LogP contribution is -2.36. The van der Waals surface area contributed by atoms with Gasteiger partial charge in [-0.15, -0.1) is 0 Å². The molecule has 152 valence electrons. The maximum absolute atomic E-state index is 13.7. The number of ether oxygens (including phenoxy) is 1. The highest BCUT2D eigenvalue weighted by atomic mass is 32.2. The fourth-order valence-electron chi connectivity index (χ4n) is 3.63. The fraction of sp³-hybridized carbons (Fsp3) is 0.273. The van der Waals surface area contributed by atoms with Crippen LogP contribution in [-0.4, -0.2) is 31.6 Å². The van der Waals surface area contributed by atoms with Gasteiger partial charge in [-0.05, 0) is 37.1 Å². The van der Waals surface area contributed by atoms with E-state index in [0.717, 1.165) is 5.56 Å². The number of Topliss-reactive ketones (excluding diaryl/α,β-unsaturated/α-hetero) is 1. The maximum atomic E-state index is 13.7. The van der Waals surface area contributed by atoms with Crippen molar-refractivity contribution >= 4 is 21.8 Å². The highest BCUT2D eigenvalue weighted by Crippen LogP contribution is 2.49. The van der Waals surface area contributed by atoms with Crippen molar-refractivity contribution in [2.75, 3.05) is 7.11 Å². The lowest BCUT2D eigenvalue weighted by atomic mass is 9.96. The number of methoxy groups -OCH3 is 1.